The second-order valence-electron chi connectivity index (χ2n) is 8.56. The SMILES string of the molecule is C=CCC(O[Si](C)(C)C(C)(C)C)c1nccc2c3ccccc3n(C)c12. The van der Waals surface area contributed by atoms with Gasteiger partial charge in [-0.25, -0.2) is 0 Å². The molecule has 1 aromatic carbocycles. The first kappa shape index (κ1) is 18.9. The van der Waals surface area contributed by atoms with Gasteiger partial charge in [-0.1, -0.05) is 45.0 Å². The van der Waals surface area contributed by atoms with Crippen molar-refractivity contribution in [1.82, 2.24) is 9.55 Å². The van der Waals surface area contributed by atoms with Crippen molar-refractivity contribution in [3.8, 4) is 0 Å². The lowest BCUT2D eigenvalue weighted by atomic mass is 10.1. The van der Waals surface area contributed by atoms with E-state index in [-0.39, 0.29) is 11.1 Å². The zero-order valence-corrected chi connectivity index (χ0v) is 17.8. The zero-order valence-electron chi connectivity index (χ0n) is 16.8. The molecule has 0 aliphatic heterocycles. The topological polar surface area (TPSA) is 27.1 Å². The Labute approximate surface area is 157 Å². The van der Waals surface area contributed by atoms with Gasteiger partial charge in [0.25, 0.3) is 0 Å². The minimum atomic E-state index is -1.93. The molecule has 4 heteroatoms. The molecule has 0 bridgehead atoms. The average molecular weight is 367 g/mol. The molecule has 0 saturated carbocycles. The van der Waals surface area contributed by atoms with Gasteiger partial charge in [0.1, 0.15) is 0 Å². The Hall–Kier alpha value is -1.91. The first-order chi connectivity index (χ1) is 12.2. The van der Waals surface area contributed by atoms with Gasteiger partial charge < -0.3 is 8.99 Å². The Morgan fingerprint density at radius 3 is 2.54 bits per heavy atom. The summed E-state index contributed by atoms with van der Waals surface area (Å²) < 4.78 is 9.03. The number of aryl methyl sites for hydroxylation is 1. The Kier molecular flexibility index (Phi) is 4.84. The first-order valence-corrected chi connectivity index (χ1v) is 12.2. The van der Waals surface area contributed by atoms with E-state index >= 15 is 0 Å². The molecule has 0 radical (unpaired) electrons. The van der Waals surface area contributed by atoms with Gasteiger partial charge in [0.15, 0.2) is 8.32 Å². The molecule has 3 rings (SSSR count). The summed E-state index contributed by atoms with van der Waals surface area (Å²) in [5.74, 6) is 0. The second-order valence-corrected chi connectivity index (χ2v) is 13.3. The third-order valence-corrected chi connectivity index (χ3v) is 10.3. The van der Waals surface area contributed by atoms with Crippen molar-refractivity contribution in [2.45, 2.75) is 51.4 Å². The summed E-state index contributed by atoms with van der Waals surface area (Å²) in [4.78, 5) is 4.78. The molecule has 0 aliphatic rings. The van der Waals surface area contributed by atoms with Crippen LogP contribution in [0.4, 0.5) is 0 Å². The van der Waals surface area contributed by atoms with Crippen LogP contribution in [0.25, 0.3) is 21.8 Å². The molecule has 3 nitrogen and oxygen atoms in total. The van der Waals surface area contributed by atoms with Gasteiger partial charge in [-0.3, -0.25) is 4.98 Å². The highest BCUT2D eigenvalue weighted by Gasteiger charge is 2.40. The van der Waals surface area contributed by atoms with E-state index in [1.165, 1.54) is 21.8 Å². The highest BCUT2D eigenvalue weighted by molar-refractivity contribution is 6.74. The largest absolute Gasteiger partial charge is 0.408 e. The number of hydrogen-bond acceptors (Lipinski definition) is 2. The molecule has 0 fully saturated rings. The van der Waals surface area contributed by atoms with Crippen LogP contribution in [-0.2, 0) is 11.5 Å². The lowest BCUT2D eigenvalue weighted by Gasteiger charge is -2.39. The van der Waals surface area contributed by atoms with Crippen molar-refractivity contribution in [3.63, 3.8) is 0 Å². The molecule has 2 aromatic heterocycles. The van der Waals surface area contributed by atoms with Gasteiger partial charge in [-0.15, -0.1) is 6.58 Å². The molecule has 2 heterocycles. The molecule has 0 N–H and O–H groups in total. The van der Waals surface area contributed by atoms with Gasteiger partial charge in [-0.05, 0) is 36.7 Å². The number of rotatable bonds is 5. The standard InChI is InChI=1S/C22H30N2OSi/c1-8-11-19(25-26(6,7)22(2,3)4)20-21-17(14-15-23-20)16-12-9-10-13-18(16)24(21)5/h8-10,12-15,19H,1,11H2,2-7H3. The summed E-state index contributed by atoms with van der Waals surface area (Å²) in [6.45, 7) is 15.4. The van der Waals surface area contributed by atoms with Crippen LogP contribution in [0.2, 0.25) is 18.1 Å². The average Bonchev–Trinajstić information content (AvgIpc) is 2.87. The fourth-order valence-electron chi connectivity index (χ4n) is 3.29. The summed E-state index contributed by atoms with van der Waals surface area (Å²) in [5.41, 5.74) is 3.41. The summed E-state index contributed by atoms with van der Waals surface area (Å²) in [6, 6.07) is 10.6. The fraction of sp³-hybridized carbons (Fsp3) is 0.409. The summed E-state index contributed by atoms with van der Waals surface area (Å²) >= 11 is 0. The Morgan fingerprint density at radius 1 is 1.19 bits per heavy atom. The third-order valence-electron chi connectivity index (χ3n) is 5.77. The molecule has 0 aliphatic carbocycles. The smallest absolute Gasteiger partial charge is 0.193 e. The molecule has 0 spiro atoms. The van der Waals surface area contributed by atoms with Crippen LogP contribution in [0.1, 0.15) is 39.0 Å². The van der Waals surface area contributed by atoms with Crippen LogP contribution >= 0.6 is 0 Å². The van der Waals surface area contributed by atoms with Crippen molar-refractivity contribution in [1.29, 1.82) is 0 Å². The van der Waals surface area contributed by atoms with Gasteiger partial charge in [0, 0.05) is 29.5 Å². The van der Waals surface area contributed by atoms with Crippen molar-refractivity contribution in [2.75, 3.05) is 0 Å². The lowest BCUT2D eigenvalue weighted by molar-refractivity contribution is 0.183. The Balaban J connectivity index is 2.19. The van der Waals surface area contributed by atoms with Crippen molar-refractivity contribution in [3.05, 3.63) is 54.9 Å². The van der Waals surface area contributed by atoms with Crippen molar-refractivity contribution in [2.24, 2.45) is 7.05 Å². The summed E-state index contributed by atoms with van der Waals surface area (Å²) in [5, 5.41) is 2.65. The van der Waals surface area contributed by atoms with E-state index in [9.17, 15) is 0 Å². The Bertz CT molecular complexity index is 950. The predicted octanol–water partition coefficient (Wildman–Crippen LogP) is 6.37. The van der Waals surface area contributed by atoms with Gasteiger partial charge in [0.2, 0.25) is 0 Å². The van der Waals surface area contributed by atoms with Crippen LogP contribution in [0.3, 0.4) is 0 Å². The van der Waals surface area contributed by atoms with E-state index < -0.39 is 8.32 Å². The number of para-hydroxylation sites is 1. The van der Waals surface area contributed by atoms with Gasteiger partial charge in [0.05, 0.1) is 17.3 Å². The quantitative estimate of drug-likeness (QED) is 0.388. The molecule has 0 saturated heterocycles. The van der Waals surface area contributed by atoms with Gasteiger partial charge in [-0.2, -0.15) is 0 Å². The van der Waals surface area contributed by atoms with Crippen LogP contribution in [-0.4, -0.2) is 17.9 Å². The molecule has 3 aromatic rings. The third kappa shape index (κ3) is 3.12. The number of nitrogens with zero attached hydrogens (tertiary/aromatic N) is 2. The normalized spacial score (nSPS) is 14.1. The maximum atomic E-state index is 6.78. The molecule has 138 valence electrons. The molecule has 0 amide bonds. The fourth-order valence-corrected chi connectivity index (χ4v) is 4.56. The van der Waals surface area contributed by atoms with E-state index in [1.54, 1.807) is 0 Å². The summed E-state index contributed by atoms with van der Waals surface area (Å²) in [6.07, 6.45) is 4.55. The van der Waals surface area contributed by atoms with Gasteiger partial charge >= 0.3 is 0 Å². The molecule has 1 unspecified atom stereocenters. The number of fused-ring (bicyclic) bond motifs is 3. The highest BCUT2D eigenvalue weighted by Crippen LogP contribution is 2.42. The lowest BCUT2D eigenvalue weighted by Crippen LogP contribution is -2.42. The number of pyridine rings is 1. The monoisotopic (exact) mass is 366 g/mol. The first-order valence-electron chi connectivity index (χ1n) is 9.28. The maximum Gasteiger partial charge on any atom is 0.193 e. The van der Waals surface area contributed by atoms with E-state index in [2.05, 4.69) is 82.4 Å². The highest BCUT2D eigenvalue weighted by atomic mass is 28.4. The second kappa shape index (κ2) is 6.67. The minimum Gasteiger partial charge on any atom is -0.408 e. The number of hydrogen-bond donors (Lipinski definition) is 0. The van der Waals surface area contributed by atoms with Crippen LogP contribution in [0, 0.1) is 0 Å². The molecule has 26 heavy (non-hydrogen) atoms. The van der Waals surface area contributed by atoms with Crippen molar-refractivity contribution >= 4 is 30.1 Å². The predicted molar refractivity (Wildman–Crippen MR) is 114 cm³/mol. The van der Waals surface area contributed by atoms with Crippen LogP contribution in [0.5, 0.6) is 0 Å². The summed E-state index contributed by atoms with van der Waals surface area (Å²) in [7, 11) is 0.189. The zero-order chi connectivity index (χ0) is 19.1. The Morgan fingerprint density at radius 2 is 1.88 bits per heavy atom. The van der Waals surface area contributed by atoms with E-state index in [4.69, 9.17) is 9.41 Å². The van der Waals surface area contributed by atoms with E-state index in [0.717, 1.165) is 12.1 Å². The molecular formula is C22H30N2OSi. The van der Waals surface area contributed by atoms with Crippen molar-refractivity contribution < 1.29 is 4.43 Å². The minimum absolute atomic E-state index is 0.0693. The van der Waals surface area contributed by atoms with E-state index in [1.807, 2.05) is 12.3 Å². The van der Waals surface area contributed by atoms with Crippen LogP contribution < -0.4 is 0 Å². The molecular weight excluding hydrogens is 336 g/mol. The number of benzene rings is 1. The maximum absolute atomic E-state index is 6.78. The molecule has 1 atom stereocenters. The van der Waals surface area contributed by atoms with E-state index in [0.29, 0.717) is 0 Å². The van der Waals surface area contributed by atoms with Crippen LogP contribution in [0.15, 0.2) is 49.2 Å². The number of aromatic nitrogens is 2.